The number of nitrogens with zero attached hydrogens (tertiary/aromatic N) is 3. The minimum atomic E-state index is -3.19. The minimum Gasteiger partial charge on any atom is -0.448 e. The lowest BCUT2D eigenvalue weighted by Crippen LogP contribution is -2.40. The lowest BCUT2D eigenvalue weighted by molar-refractivity contribution is -0.175. The van der Waals surface area contributed by atoms with Crippen LogP contribution in [0.25, 0.3) is 0 Å². The molecule has 0 aliphatic rings. The van der Waals surface area contributed by atoms with Crippen molar-refractivity contribution >= 4 is 44.6 Å². The molecule has 0 unspecified atom stereocenters. The average Bonchev–Trinajstić information content (AvgIpc) is 2.66. The van der Waals surface area contributed by atoms with Crippen LogP contribution >= 0.6 is 8.60 Å². The van der Waals surface area contributed by atoms with Gasteiger partial charge in [0.05, 0.1) is 19.8 Å². The van der Waals surface area contributed by atoms with Gasteiger partial charge in [0.2, 0.25) is 0 Å². The molecule has 0 rings (SSSR count). The maximum atomic E-state index is 11.9. The van der Waals surface area contributed by atoms with E-state index in [1.54, 1.807) is 0 Å². The summed E-state index contributed by atoms with van der Waals surface area (Å²) in [5.41, 5.74) is 0. The Morgan fingerprint density at radius 3 is 0.935 bits per heavy atom. The van der Waals surface area contributed by atoms with Gasteiger partial charge in [0, 0.05) is 20.8 Å². The number of hydroxylamine groups is 6. The zero-order valence-corrected chi connectivity index (χ0v) is 18.7. The van der Waals surface area contributed by atoms with Crippen molar-refractivity contribution in [1.29, 1.82) is 0 Å². The molecule has 15 nitrogen and oxygen atoms in total. The number of hydrogen-bond acceptors (Lipinski definition) is 12. The van der Waals surface area contributed by atoms with E-state index in [1.807, 2.05) is 0 Å². The number of carbonyl (C=O) groups is 6. The lowest BCUT2D eigenvalue weighted by Gasteiger charge is -2.27. The highest BCUT2D eigenvalue weighted by molar-refractivity contribution is 7.41. The third kappa shape index (κ3) is 9.65. The molecular formula is C15H24N3O12P. The number of imide groups is 3. The third-order valence-corrected chi connectivity index (χ3v) is 3.49. The van der Waals surface area contributed by atoms with Gasteiger partial charge in [-0.25, -0.2) is 14.4 Å². The standard InChI is InChI=1S/C15H24N3O12P/c1-7-25-13(22)16(10(4)19)28-31(29-17(11(5)20)14(23)26-8-2)30-18(12(6)21)15(24)27-9-3/h7-9H2,1-6H3. The van der Waals surface area contributed by atoms with E-state index in [0.29, 0.717) is 0 Å². The molecule has 0 heterocycles. The van der Waals surface area contributed by atoms with Crippen molar-refractivity contribution in [3.63, 3.8) is 0 Å². The molecule has 31 heavy (non-hydrogen) atoms. The summed E-state index contributed by atoms with van der Waals surface area (Å²) >= 11 is 0. The molecule has 0 aromatic heterocycles. The first-order valence-electron chi connectivity index (χ1n) is 8.76. The molecule has 0 atom stereocenters. The first kappa shape index (κ1) is 28.1. The molecule has 0 saturated heterocycles. The van der Waals surface area contributed by atoms with E-state index in [4.69, 9.17) is 13.9 Å². The van der Waals surface area contributed by atoms with Crippen LogP contribution in [0, 0.1) is 0 Å². The predicted molar refractivity (Wildman–Crippen MR) is 98.8 cm³/mol. The van der Waals surface area contributed by atoms with Gasteiger partial charge in [-0.15, -0.1) is 15.2 Å². The molecule has 0 aliphatic carbocycles. The summed E-state index contributed by atoms with van der Waals surface area (Å²) < 4.78 is 28.8. The Labute approximate surface area is 178 Å². The van der Waals surface area contributed by atoms with Gasteiger partial charge in [0.15, 0.2) is 0 Å². The van der Waals surface area contributed by atoms with Crippen molar-refractivity contribution in [3.8, 4) is 0 Å². The van der Waals surface area contributed by atoms with Crippen LogP contribution in [0.3, 0.4) is 0 Å². The van der Waals surface area contributed by atoms with Gasteiger partial charge in [-0.1, -0.05) is 0 Å². The molecule has 0 aromatic carbocycles. The molecule has 0 N–H and O–H groups in total. The highest BCUT2D eigenvalue weighted by Crippen LogP contribution is 2.43. The topological polar surface area (TPSA) is 168 Å². The number of rotatable bonds is 9. The fourth-order valence-corrected chi connectivity index (χ4v) is 2.48. The summed E-state index contributed by atoms with van der Waals surface area (Å²) in [6, 6.07) is 0. The van der Waals surface area contributed by atoms with Crippen molar-refractivity contribution in [2.24, 2.45) is 0 Å². The normalized spacial score (nSPS) is 10.2. The van der Waals surface area contributed by atoms with E-state index in [1.165, 1.54) is 20.8 Å². The van der Waals surface area contributed by atoms with Gasteiger partial charge in [0.1, 0.15) is 0 Å². The first-order chi connectivity index (χ1) is 14.5. The van der Waals surface area contributed by atoms with E-state index in [2.05, 4.69) is 14.2 Å². The molecule has 0 aromatic rings. The van der Waals surface area contributed by atoms with E-state index in [9.17, 15) is 28.8 Å². The summed E-state index contributed by atoms with van der Waals surface area (Å²) in [7, 11) is -3.19. The summed E-state index contributed by atoms with van der Waals surface area (Å²) in [6.07, 6.45) is -3.90. The van der Waals surface area contributed by atoms with Crippen LogP contribution in [0.5, 0.6) is 0 Å². The van der Waals surface area contributed by atoms with Gasteiger partial charge in [-0.3, -0.25) is 14.4 Å². The second-order valence-electron chi connectivity index (χ2n) is 5.01. The van der Waals surface area contributed by atoms with Gasteiger partial charge < -0.3 is 14.2 Å². The lowest BCUT2D eigenvalue weighted by atomic mass is 10.7. The second-order valence-corrected chi connectivity index (χ2v) is 5.94. The molecule has 0 bridgehead atoms. The largest absolute Gasteiger partial charge is 0.448 e. The first-order valence-corrected chi connectivity index (χ1v) is 9.86. The van der Waals surface area contributed by atoms with Gasteiger partial charge >= 0.3 is 26.9 Å². The average molecular weight is 469 g/mol. The molecule has 0 spiro atoms. The van der Waals surface area contributed by atoms with Crippen LogP contribution < -0.4 is 0 Å². The quantitative estimate of drug-likeness (QED) is 0.274. The highest BCUT2D eigenvalue weighted by Gasteiger charge is 2.37. The summed E-state index contributed by atoms with van der Waals surface area (Å²) in [6.45, 7) is 6.64. The van der Waals surface area contributed by atoms with Crippen LogP contribution in [-0.4, -0.2) is 71.0 Å². The van der Waals surface area contributed by atoms with Crippen molar-refractivity contribution < 1.29 is 56.9 Å². The Morgan fingerprint density at radius 1 is 0.548 bits per heavy atom. The smallest absolute Gasteiger partial charge is 0.441 e. The van der Waals surface area contributed by atoms with Crippen LogP contribution in [-0.2, 0) is 42.5 Å². The van der Waals surface area contributed by atoms with Crippen LogP contribution in [0.2, 0.25) is 0 Å². The van der Waals surface area contributed by atoms with E-state index < -0.39 is 44.6 Å². The van der Waals surface area contributed by atoms with Crippen molar-refractivity contribution in [2.45, 2.75) is 41.5 Å². The fourth-order valence-electron chi connectivity index (χ4n) is 1.45. The van der Waals surface area contributed by atoms with Crippen molar-refractivity contribution in [2.75, 3.05) is 19.8 Å². The van der Waals surface area contributed by atoms with Gasteiger partial charge in [-0.05, 0) is 20.8 Å². The Bertz CT molecular complexity index is 598. The zero-order chi connectivity index (χ0) is 24.1. The number of hydrogen-bond donors (Lipinski definition) is 0. The predicted octanol–water partition coefficient (Wildman–Crippen LogP) is 2.02. The molecule has 0 radical (unpaired) electrons. The zero-order valence-electron chi connectivity index (χ0n) is 17.8. The number of carbonyl (C=O) groups excluding carboxylic acids is 6. The van der Waals surface area contributed by atoms with Gasteiger partial charge in [-0.2, -0.15) is 13.9 Å². The molecule has 0 aliphatic heterocycles. The molecule has 16 heteroatoms. The minimum absolute atomic E-state index is 0.0438. The van der Waals surface area contributed by atoms with E-state index >= 15 is 0 Å². The number of amides is 6. The Balaban J connectivity index is 5.96. The Morgan fingerprint density at radius 2 is 0.774 bits per heavy atom. The van der Waals surface area contributed by atoms with Gasteiger partial charge in [0.25, 0.3) is 17.7 Å². The molecule has 0 fully saturated rings. The molecular weight excluding hydrogens is 445 g/mol. The van der Waals surface area contributed by atoms with Crippen molar-refractivity contribution in [3.05, 3.63) is 0 Å². The number of ether oxygens (including phenoxy) is 3. The summed E-state index contributed by atoms with van der Waals surface area (Å²) in [5.74, 6) is -3.06. The molecule has 176 valence electrons. The van der Waals surface area contributed by atoms with Crippen LogP contribution in [0.4, 0.5) is 14.4 Å². The van der Waals surface area contributed by atoms with E-state index in [-0.39, 0.29) is 35.0 Å². The fraction of sp³-hybridized carbons (Fsp3) is 0.600. The highest BCUT2D eigenvalue weighted by atomic mass is 31.2. The molecule has 6 amide bonds. The summed E-state index contributed by atoms with van der Waals surface area (Å²) in [4.78, 5) is 71.1. The third-order valence-electron chi connectivity index (χ3n) is 2.60. The Kier molecular flexibility index (Phi) is 12.9. The van der Waals surface area contributed by atoms with Crippen LogP contribution in [0.1, 0.15) is 41.5 Å². The molecule has 0 saturated carbocycles. The monoisotopic (exact) mass is 469 g/mol. The Hall–Kier alpha value is -2.87. The maximum absolute atomic E-state index is 11.9. The van der Waals surface area contributed by atoms with Crippen molar-refractivity contribution in [1.82, 2.24) is 15.2 Å². The van der Waals surface area contributed by atoms with E-state index in [0.717, 1.165) is 20.8 Å². The van der Waals surface area contributed by atoms with Crippen LogP contribution in [0.15, 0.2) is 0 Å². The summed E-state index contributed by atoms with van der Waals surface area (Å²) in [5, 5.41) is 0.131. The SMILES string of the molecule is CCOC(=O)N(OP(ON(C(C)=O)C(=O)OCC)ON(C(C)=O)C(=O)OCC)C(C)=O. The maximum Gasteiger partial charge on any atom is 0.441 e. The second kappa shape index (κ2) is 14.2.